The second-order valence-corrected chi connectivity index (χ2v) is 5.52. The normalized spacial score (nSPS) is 11.3. The van der Waals surface area contributed by atoms with Crippen LogP contribution in [-0.2, 0) is 0 Å². The zero-order valence-corrected chi connectivity index (χ0v) is 13.0. The number of benzene rings is 2. The molecule has 0 saturated heterocycles. The van der Waals surface area contributed by atoms with E-state index in [0.717, 1.165) is 0 Å². The van der Waals surface area contributed by atoms with E-state index in [9.17, 15) is 15.0 Å². The van der Waals surface area contributed by atoms with Crippen LogP contribution in [0.4, 0.5) is 0 Å². The maximum atomic E-state index is 12.1. The summed E-state index contributed by atoms with van der Waals surface area (Å²) in [6.45, 7) is 1.67. The molecule has 1 heterocycles. The average molecular weight is 341 g/mol. The number of aromatic hydroxyl groups is 2. The van der Waals surface area contributed by atoms with Crippen LogP contribution in [0, 0.1) is 6.92 Å². The van der Waals surface area contributed by atoms with Gasteiger partial charge >= 0.3 is 5.63 Å². The van der Waals surface area contributed by atoms with Gasteiger partial charge in [0.2, 0.25) is 0 Å². The van der Waals surface area contributed by atoms with Crippen LogP contribution in [0.25, 0.3) is 21.7 Å². The molecule has 2 N–H and O–H groups in total. The van der Waals surface area contributed by atoms with Gasteiger partial charge in [0, 0.05) is 16.8 Å². The standard InChI is InChI=1S/C15H10Cl2O5/c1-5-10-6-3-9(21-2)13(17)14(19)11(6)15(20)22-8(10)4-7(18)12(5)16/h3-4,18-19H,1-2H3. The lowest BCUT2D eigenvalue weighted by Gasteiger charge is -2.12. The van der Waals surface area contributed by atoms with Crippen molar-refractivity contribution in [3.05, 3.63) is 38.2 Å². The van der Waals surface area contributed by atoms with Gasteiger partial charge < -0.3 is 19.4 Å². The molecule has 0 unspecified atom stereocenters. The molecule has 0 radical (unpaired) electrons. The van der Waals surface area contributed by atoms with Crippen LogP contribution < -0.4 is 10.4 Å². The summed E-state index contributed by atoms with van der Waals surface area (Å²) in [4.78, 5) is 12.1. The molecule has 0 aliphatic carbocycles. The molecule has 0 aliphatic rings. The molecule has 0 aliphatic heterocycles. The Morgan fingerprint density at radius 2 is 1.82 bits per heavy atom. The molecule has 3 rings (SSSR count). The van der Waals surface area contributed by atoms with Crippen LogP contribution >= 0.6 is 23.2 Å². The smallest absolute Gasteiger partial charge is 0.348 e. The quantitative estimate of drug-likeness (QED) is 0.517. The summed E-state index contributed by atoms with van der Waals surface area (Å²) in [6, 6.07) is 2.78. The van der Waals surface area contributed by atoms with Crippen LogP contribution in [-0.4, -0.2) is 17.3 Å². The largest absolute Gasteiger partial charge is 0.506 e. The summed E-state index contributed by atoms with van der Waals surface area (Å²) in [5.74, 6) is -0.406. The van der Waals surface area contributed by atoms with Crippen LogP contribution in [0.1, 0.15) is 5.56 Å². The van der Waals surface area contributed by atoms with Crippen molar-refractivity contribution < 1.29 is 19.4 Å². The number of phenolic OH excluding ortho intramolecular Hbond substituents is 2. The van der Waals surface area contributed by atoms with Gasteiger partial charge in [0.1, 0.15) is 27.5 Å². The van der Waals surface area contributed by atoms with Gasteiger partial charge in [0.25, 0.3) is 0 Å². The highest BCUT2D eigenvalue weighted by molar-refractivity contribution is 6.36. The first kappa shape index (κ1) is 14.8. The summed E-state index contributed by atoms with van der Waals surface area (Å²) in [6.07, 6.45) is 0. The first-order valence-electron chi connectivity index (χ1n) is 6.20. The number of hydrogen-bond acceptors (Lipinski definition) is 5. The van der Waals surface area contributed by atoms with Crippen molar-refractivity contribution in [2.75, 3.05) is 7.11 Å². The van der Waals surface area contributed by atoms with Crippen molar-refractivity contribution in [3.8, 4) is 17.2 Å². The Hall–Kier alpha value is -2.11. The SMILES string of the molecule is COc1cc2c(c(O)c1Cl)c(=O)oc1cc(O)c(Cl)c(C)c12. The Balaban J connectivity index is 2.69. The van der Waals surface area contributed by atoms with Crippen LogP contribution in [0.15, 0.2) is 21.3 Å². The van der Waals surface area contributed by atoms with Crippen molar-refractivity contribution in [2.45, 2.75) is 6.92 Å². The van der Waals surface area contributed by atoms with Crippen molar-refractivity contribution in [3.63, 3.8) is 0 Å². The Labute approximate surface area is 134 Å². The third-order valence-electron chi connectivity index (χ3n) is 3.55. The van der Waals surface area contributed by atoms with Gasteiger partial charge in [0.05, 0.1) is 12.1 Å². The molecular formula is C15H10Cl2O5. The Kier molecular flexibility index (Phi) is 3.34. The molecule has 0 fully saturated rings. The molecule has 5 nitrogen and oxygen atoms in total. The fourth-order valence-corrected chi connectivity index (χ4v) is 2.86. The van der Waals surface area contributed by atoms with Gasteiger partial charge in [-0.2, -0.15) is 0 Å². The third-order valence-corrected chi connectivity index (χ3v) is 4.39. The topological polar surface area (TPSA) is 79.9 Å². The van der Waals surface area contributed by atoms with E-state index in [1.165, 1.54) is 19.2 Å². The average Bonchev–Trinajstić information content (AvgIpc) is 2.47. The Morgan fingerprint density at radius 1 is 1.14 bits per heavy atom. The van der Waals surface area contributed by atoms with E-state index in [2.05, 4.69) is 0 Å². The summed E-state index contributed by atoms with van der Waals surface area (Å²) in [5.41, 5.74) is -0.111. The van der Waals surface area contributed by atoms with Gasteiger partial charge in [-0.15, -0.1) is 0 Å². The number of halogens is 2. The number of methoxy groups -OCH3 is 1. The molecule has 2 aromatic carbocycles. The Morgan fingerprint density at radius 3 is 2.45 bits per heavy atom. The summed E-state index contributed by atoms with van der Waals surface area (Å²) >= 11 is 12.0. The zero-order chi connectivity index (χ0) is 16.2. The van der Waals surface area contributed by atoms with E-state index in [4.69, 9.17) is 32.4 Å². The second-order valence-electron chi connectivity index (χ2n) is 4.76. The van der Waals surface area contributed by atoms with Gasteiger partial charge in [0.15, 0.2) is 5.75 Å². The summed E-state index contributed by atoms with van der Waals surface area (Å²) in [7, 11) is 1.39. The fraction of sp³-hybridized carbons (Fsp3) is 0.133. The minimum Gasteiger partial charge on any atom is -0.506 e. The minimum absolute atomic E-state index is 0.0665. The maximum Gasteiger partial charge on any atom is 0.348 e. The molecule has 1 aromatic heterocycles. The molecule has 114 valence electrons. The molecule has 0 saturated carbocycles. The number of fused-ring (bicyclic) bond motifs is 3. The van der Waals surface area contributed by atoms with E-state index in [0.29, 0.717) is 16.3 Å². The number of aryl methyl sites for hydroxylation is 1. The Bertz CT molecular complexity index is 991. The predicted octanol–water partition coefficient (Wildman–Crippen LogP) is 3.98. The minimum atomic E-state index is -0.773. The highest BCUT2D eigenvalue weighted by Gasteiger charge is 2.20. The molecule has 22 heavy (non-hydrogen) atoms. The first-order chi connectivity index (χ1) is 10.4. The van der Waals surface area contributed by atoms with Crippen molar-refractivity contribution in [1.29, 1.82) is 0 Å². The molecule has 7 heteroatoms. The van der Waals surface area contributed by atoms with Gasteiger partial charge in [-0.05, 0) is 18.6 Å². The number of rotatable bonds is 1. The highest BCUT2D eigenvalue weighted by atomic mass is 35.5. The van der Waals surface area contributed by atoms with E-state index in [1.807, 2.05) is 0 Å². The van der Waals surface area contributed by atoms with E-state index >= 15 is 0 Å². The molecule has 0 spiro atoms. The molecule has 0 atom stereocenters. The lowest BCUT2D eigenvalue weighted by atomic mass is 10.0. The van der Waals surface area contributed by atoms with Crippen molar-refractivity contribution in [1.82, 2.24) is 0 Å². The van der Waals surface area contributed by atoms with E-state index < -0.39 is 11.4 Å². The highest BCUT2D eigenvalue weighted by Crippen LogP contribution is 2.43. The maximum absolute atomic E-state index is 12.1. The molecular weight excluding hydrogens is 331 g/mol. The summed E-state index contributed by atoms with van der Waals surface area (Å²) < 4.78 is 10.3. The van der Waals surface area contributed by atoms with Crippen LogP contribution in [0.3, 0.4) is 0 Å². The zero-order valence-electron chi connectivity index (χ0n) is 11.5. The lowest BCUT2D eigenvalue weighted by Crippen LogP contribution is -2.02. The number of hydrogen-bond donors (Lipinski definition) is 2. The number of ether oxygens (including phenoxy) is 1. The van der Waals surface area contributed by atoms with E-state index in [1.54, 1.807) is 6.92 Å². The lowest BCUT2D eigenvalue weighted by molar-refractivity contribution is 0.409. The van der Waals surface area contributed by atoms with Gasteiger partial charge in [-0.25, -0.2) is 4.79 Å². The van der Waals surface area contributed by atoms with Crippen LogP contribution in [0.2, 0.25) is 10.0 Å². The van der Waals surface area contributed by atoms with Crippen molar-refractivity contribution >= 4 is 44.9 Å². The number of phenols is 2. The molecule has 0 bridgehead atoms. The fourth-order valence-electron chi connectivity index (χ4n) is 2.49. The first-order valence-corrected chi connectivity index (χ1v) is 6.96. The van der Waals surface area contributed by atoms with Crippen LogP contribution in [0.5, 0.6) is 17.2 Å². The molecule has 0 amide bonds. The second kappa shape index (κ2) is 4.97. The van der Waals surface area contributed by atoms with Gasteiger partial charge in [-0.3, -0.25) is 0 Å². The monoisotopic (exact) mass is 340 g/mol. The van der Waals surface area contributed by atoms with Gasteiger partial charge in [-0.1, -0.05) is 23.2 Å². The summed E-state index contributed by atoms with van der Waals surface area (Å²) in [5, 5.41) is 20.8. The van der Waals surface area contributed by atoms with Crippen molar-refractivity contribution in [2.24, 2.45) is 0 Å². The van der Waals surface area contributed by atoms with E-state index in [-0.39, 0.29) is 32.5 Å². The third kappa shape index (κ3) is 1.90. The predicted molar refractivity (Wildman–Crippen MR) is 84.6 cm³/mol. The molecule has 3 aromatic rings.